The topological polar surface area (TPSA) is 53.2 Å². The fraction of sp³-hybridized carbons (Fsp3) is 0.231. The Hall–Kier alpha value is -2.17. The summed E-state index contributed by atoms with van der Waals surface area (Å²) in [6, 6.07) is 4.46. The molecule has 5 heteroatoms. The van der Waals surface area contributed by atoms with Gasteiger partial charge in [-0.25, -0.2) is 4.39 Å². The number of nitrogens with one attached hydrogen (secondary N) is 1. The molecule has 4 nitrogen and oxygen atoms in total. The second-order valence-corrected chi connectivity index (χ2v) is 4.01. The zero-order valence-corrected chi connectivity index (χ0v) is 10.2. The number of likely N-dealkylation sites (N-methyl/N-ethyl adjacent to an activating group) is 1. The molecule has 2 aromatic rings. The van der Waals surface area contributed by atoms with Crippen LogP contribution >= 0.6 is 0 Å². The summed E-state index contributed by atoms with van der Waals surface area (Å²) in [6.45, 7) is 2.19. The fourth-order valence-electron chi connectivity index (χ4n) is 1.75. The Labute approximate surface area is 103 Å². The number of fused-ring (bicyclic) bond motifs is 1. The first-order chi connectivity index (χ1) is 8.56. The molecule has 0 atom stereocenters. The quantitative estimate of drug-likeness (QED) is 0.667. The first-order valence-corrected chi connectivity index (χ1v) is 5.61. The van der Waals surface area contributed by atoms with Gasteiger partial charge in [0, 0.05) is 30.7 Å². The zero-order valence-electron chi connectivity index (χ0n) is 10.2. The lowest BCUT2D eigenvalue weighted by Crippen LogP contribution is -2.33. The number of ketones is 1. The maximum absolute atomic E-state index is 13.7. The lowest BCUT2D eigenvalue weighted by Gasteiger charge is -2.12. The van der Waals surface area contributed by atoms with Gasteiger partial charge in [-0.2, -0.15) is 0 Å². The highest BCUT2D eigenvalue weighted by molar-refractivity contribution is 6.44. The highest BCUT2D eigenvalue weighted by Gasteiger charge is 2.23. The van der Waals surface area contributed by atoms with Crippen molar-refractivity contribution < 1.29 is 14.0 Å². The van der Waals surface area contributed by atoms with Crippen LogP contribution in [0.1, 0.15) is 17.3 Å². The van der Waals surface area contributed by atoms with E-state index in [0.29, 0.717) is 12.1 Å². The van der Waals surface area contributed by atoms with Crippen LogP contribution in [0, 0.1) is 5.82 Å². The van der Waals surface area contributed by atoms with Gasteiger partial charge in [0.25, 0.3) is 11.7 Å². The van der Waals surface area contributed by atoms with E-state index in [1.165, 1.54) is 24.2 Å². The van der Waals surface area contributed by atoms with Gasteiger partial charge in [-0.05, 0) is 19.1 Å². The van der Waals surface area contributed by atoms with E-state index < -0.39 is 17.5 Å². The average Bonchev–Trinajstić information content (AvgIpc) is 2.81. The first kappa shape index (κ1) is 12.3. The van der Waals surface area contributed by atoms with Crippen molar-refractivity contribution in [3.8, 4) is 0 Å². The predicted octanol–water partition coefficient (Wildman–Crippen LogP) is 1.97. The summed E-state index contributed by atoms with van der Waals surface area (Å²) in [7, 11) is 1.53. The van der Waals surface area contributed by atoms with E-state index in [-0.39, 0.29) is 10.9 Å². The van der Waals surface area contributed by atoms with Gasteiger partial charge in [0.2, 0.25) is 0 Å². The molecule has 1 amide bonds. The standard InChI is InChI=1S/C13H13FN2O2/c1-3-16(2)13(18)12(17)8-7-15-10-6-4-5-9(14)11(8)10/h4-7,15H,3H2,1-2H3. The number of aromatic amines is 1. The molecule has 1 aromatic carbocycles. The van der Waals surface area contributed by atoms with Gasteiger partial charge in [0.1, 0.15) is 5.82 Å². The van der Waals surface area contributed by atoms with Crippen LogP contribution in [0.25, 0.3) is 10.9 Å². The highest BCUT2D eigenvalue weighted by atomic mass is 19.1. The molecule has 0 saturated heterocycles. The van der Waals surface area contributed by atoms with Crippen molar-refractivity contribution in [3.63, 3.8) is 0 Å². The van der Waals surface area contributed by atoms with Crippen LogP contribution in [0.5, 0.6) is 0 Å². The second kappa shape index (κ2) is 4.60. The maximum atomic E-state index is 13.7. The third kappa shape index (κ3) is 1.88. The molecular formula is C13H13FN2O2. The minimum absolute atomic E-state index is 0.0772. The minimum Gasteiger partial charge on any atom is -0.360 e. The van der Waals surface area contributed by atoms with Crippen LogP contribution in [0.15, 0.2) is 24.4 Å². The molecule has 2 rings (SSSR count). The van der Waals surface area contributed by atoms with Crippen LogP contribution < -0.4 is 0 Å². The number of nitrogens with zero attached hydrogens (tertiary/aromatic N) is 1. The Kier molecular flexibility index (Phi) is 3.14. The summed E-state index contributed by atoms with van der Waals surface area (Å²) in [5, 5.41) is 0.167. The zero-order chi connectivity index (χ0) is 13.3. The van der Waals surface area contributed by atoms with Crippen molar-refractivity contribution in [3.05, 3.63) is 35.8 Å². The molecule has 1 heterocycles. The van der Waals surface area contributed by atoms with Crippen LogP contribution in [0.3, 0.4) is 0 Å². The van der Waals surface area contributed by atoms with Gasteiger partial charge in [0.15, 0.2) is 0 Å². The molecule has 0 spiro atoms. The number of Topliss-reactive ketones (excluding diaryl/α,β-unsaturated/α-hetero) is 1. The van der Waals surface area contributed by atoms with Crippen molar-refractivity contribution in [1.82, 2.24) is 9.88 Å². The smallest absolute Gasteiger partial charge is 0.294 e. The Bertz CT molecular complexity index is 618. The van der Waals surface area contributed by atoms with E-state index in [2.05, 4.69) is 4.98 Å². The molecule has 0 fully saturated rings. The summed E-state index contributed by atoms with van der Waals surface area (Å²) < 4.78 is 13.7. The van der Waals surface area contributed by atoms with Crippen LogP contribution in [0.2, 0.25) is 0 Å². The van der Waals surface area contributed by atoms with E-state index in [1.807, 2.05) is 0 Å². The van der Waals surface area contributed by atoms with Crippen molar-refractivity contribution in [2.45, 2.75) is 6.92 Å². The van der Waals surface area contributed by atoms with Gasteiger partial charge in [-0.1, -0.05) is 6.07 Å². The number of amides is 1. The normalized spacial score (nSPS) is 10.6. The summed E-state index contributed by atoms with van der Waals surface area (Å²) in [4.78, 5) is 27.8. The number of aromatic nitrogens is 1. The number of hydrogen-bond donors (Lipinski definition) is 1. The number of halogens is 1. The summed E-state index contributed by atoms with van der Waals surface area (Å²) in [5.74, 6) is -1.85. The summed E-state index contributed by atoms with van der Waals surface area (Å²) in [6.07, 6.45) is 1.37. The van der Waals surface area contributed by atoms with Crippen molar-refractivity contribution in [2.24, 2.45) is 0 Å². The number of carbonyl (C=O) groups is 2. The lowest BCUT2D eigenvalue weighted by molar-refractivity contribution is -0.125. The molecule has 0 aliphatic heterocycles. The monoisotopic (exact) mass is 248 g/mol. The van der Waals surface area contributed by atoms with Crippen LogP contribution in [-0.4, -0.2) is 35.2 Å². The molecule has 0 aliphatic rings. The number of carbonyl (C=O) groups excluding carboxylic acids is 2. The molecule has 0 unspecified atom stereocenters. The number of rotatable bonds is 3. The van der Waals surface area contributed by atoms with Gasteiger partial charge < -0.3 is 9.88 Å². The largest absolute Gasteiger partial charge is 0.360 e. The van der Waals surface area contributed by atoms with Crippen molar-refractivity contribution in [2.75, 3.05) is 13.6 Å². The molecule has 0 radical (unpaired) electrons. The van der Waals surface area contributed by atoms with Crippen molar-refractivity contribution in [1.29, 1.82) is 0 Å². The molecule has 18 heavy (non-hydrogen) atoms. The minimum atomic E-state index is -0.698. The van der Waals surface area contributed by atoms with E-state index >= 15 is 0 Å². The predicted molar refractivity (Wildman–Crippen MR) is 65.9 cm³/mol. The van der Waals surface area contributed by atoms with Gasteiger partial charge in [0.05, 0.1) is 5.56 Å². The molecule has 1 N–H and O–H groups in total. The van der Waals surface area contributed by atoms with Crippen LogP contribution in [-0.2, 0) is 4.79 Å². The molecular weight excluding hydrogens is 235 g/mol. The van der Waals surface area contributed by atoms with Gasteiger partial charge in [-0.3, -0.25) is 9.59 Å². The fourth-order valence-corrected chi connectivity index (χ4v) is 1.75. The van der Waals surface area contributed by atoms with Crippen molar-refractivity contribution >= 4 is 22.6 Å². The summed E-state index contributed by atoms with van der Waals surface area (Å²) >= 11 is 0. The number of H-pyrrole nitrogens is 1. The maximum Gasteiger partial charge on any atom is 0.294 e. The van der Waals surface area contributed by atoms with E-state index in [0.717, 1.165) is 0 Å². The molecule has 0 saturated carbocycles. The van der Waals surface area contributed by atoms with Crippen LogP contribution in [0.4, 0.5) is 4.39 Å². The van der Waals surface area contributed by atoms with E-state index in [9.17, 15) is 14.0 Å². The third-order valence-corrected chi connectivity index (χ3v) is 2.91. The Morgan fingerprint density at radius 1 is 1.39 bits per heavy atom. The lowest BCUT2D eigenvalue weighted by atomic mass is 10.1. The number of hydrogen-bond acceptors (Lipinski definition) is 2. The average molecular weight is 248 g/mol. The van der Waals surface area contributed by atoms with E-state index in [1.54, 1.807) is 19.1 Å². The molecule has 0 bridgehead atoms. The van der Waals surface area contributed by atoms with Gasteiger partial charge in [-0.15, -0.1) is 0 Å². The number of benzene rings is 1. The molecule has 0 aliphatic carbocycles. The van der Waals surface area contributed by atoms with Gasteiger partial charge >= 0.3 is 0 Å². The molecule has 1 aromatic heterocycles. The SMILES string of the molecule is CCN(C)C(=O)C(=O)c1c[nH]c2cccc(F)c12. The first-order valence-electron chi connectivity index (χ1n) is 5.61. The Morgan fingerprint density at radius 2 is 2.11 bits per heavy atom. The highest BCUT2D eigenvalue weighted by Crippen LogP contribution is 2.22. The third-order valence-electron chi connectivity index (χ3n) is 2.91. The Balaban J connectivity index is 2.49. The second-order valence-electron chi connectivity index (χ2n) is 4.01. The Morgan fingerprint density at radius 3 is 2.78 bits per heavy atom. The van der Waals surface area contributed by atoms with E-state index in [4.69, 9.17) is 0 Å². The molecule has 94 valence electrons. The summed E-state index contributed by atoms with van der Waals surface area (Å²) in [5.41, 5.74) is 0.582.